The molecule has 0 spiro atoms. The van der Waals surface area contributed by atoms with Gasteiger partial charge in [0.05, 0.1) is 23.7 Å². The zero-order valence-corrected chi connectivity index (χ0v) is 21.3. The highest BCUT2D eigenvalue weighted by Gasteiger charge is 2.26. The van der Waals surface area contributed by atoms with Crippen molar-refractivity contribution < 1.29 is 4.74 Å². The lowest BCUT2D eigenvalue weighted by Crippen LogP contribution is -2.44. The molecule has 1 atom stereocenters. The number of guanidine groups is 1. The van der Waals surface area contributed by atoms with Crippen LogP contribution in [0.4, 0.5) is 5.69 Å². The number of rotatable bonds is 8. The Morgan fingerprint density at radius 1 is 1.08 bits per heavy atom. The lowest BCUT2D eigenvalue weighted by molar-refractivity contribution is 0.329. The Kier molecular flexibility index (Phi) is 7.84. The van der Waals surface area contributed by atoms with Gasteiger partial charge in [-0.15, -0.1) is 0 Å². The van der Waals surface area contributed by atoms with Crippen molar-refractivity contribution in [2.24, 2.45) is 7.05 Å². The average molecular weight is 495 g/mol. The number of ether oxygens (including phenoxy) is 1. The highest BCUT2D eigenvalue weighted by Crippen LogP contribution is 2.30. The van der Waals surface area contributed by atoms with Crippen molar-refractivity contribution in [2.45, 2.75) is 26.3 Å². The number of aromatic nitrogens is 2. The maximum atomic E-state index is 13.1. The fourth-order valence-electron chi connectivity index (χ4n) is 4.39. The van der Waals surface area contributed by atoms with Crippen LogP contribution in [0.25, 0.3) is 11.0 Å². The van der Waals surface area contributed by atoms with Gasteiger partial charge in [0.1, 0.15) is 17.1 Å². The van der Waals surface area contributed by atoms with Crippen molar-refractivity contribution in [1.82, 2.24) is 14.5 Å². The summed E-state index contributed by atoms with van der Waals surface area (Å²) in [6.07, 6.45) is 2.46. The molecule has 37 heavy (non-hydrogen) atoms. The van der Waals surface area contributed by atoms with Crippen LogP contribution in [0.3, 0.4) is 0 Å². The number of para-hydroxylation sites is 4. The van der Waals surface area contributed by atoms with Gasteiger partial charge in [0.2, 0.25) is 5.96 Å². The van der Waals surface area contributed by atoms with Gasteiger partial charge in [-0.3, -0.25) is 10.2 Å². The van der Waals surface area contributed by atoms with Gasteiger partial charge >= 0.3 is 0 Å². The topological polar surface area (TPSA) is 98.2 Å². The van der Waals surface area contributed by atoms with E-state index in [0.29, 0.717) is 36.7 Å². The van der Waals surface area contributed by atoms with Gasteiger partial charge in [-0.1, -0.05) is 54.6 Å². The zero-order chi connectivity index (χ0) is 26.4. The third kappa shape index (κ3) is 5.31. The standard InChI is InChI=1S/C29H30N6O2/c1-4-37-27-17-11-10-16-26(27)35(20-30)29(31)34(21(2)22-12-6-5-7-13-22)19-18-24-28(36)33(3)25-15-9-8-14-23(25)32-24/h5-17,21,31H,4,18-19H2,1-3H3. The predicted molar refractivity (Wildman–Crippen MR) is 146 cm³/mol. The second-order valence-corrected chi connectivity index (χ2v) is 8.60. The second-order valence-electron chi connectivity index (χ2n) is 8.60. The maximum Gasteiger partial charge on any atom is 0.272 e. The van der Waals surface area contributed by atoms with E-state index in [1.807, 2.05) is 85.5 Å². The van der Waals surface area contributed by atoms with Crippen LogP contribution in [0.1, 0.15) is 31.1 Å². The van der Waals surface area contributed by atoms with Crippen molar-refractivity contribution in [1.29, 1.82) is 10.7 Å². The molecule has 188 valence electrons. The molecule has 0 saturated heterocycles. The molecule has 1 aromatic heterocycles. The first-order chi connectivity index (χ1) is 18.0. The van der Waals surface area contributed by atoms with Gasteiger partial charge in [-0.25, -0.2) is 9.88 Å². The van der Waals surface area contributed by atoms with Crippen LogP contribution in [-0.4, -0.2) is 33.6 Å². The third-order valence-electron chi connectivity index (χ3n) is 6.38. The number of nitrogens with zero attached hydrogens (tertiary/aromatic N) is 5. The molecule has 0 radical (unpaired) electrons. The molecular weight excluding hydrogens is 464 g/mol. The van der Waals surface area contributed by atoms with Crippen molar-refractivity contribution in [3.63, 3.8) is 0 Å². The van der Waals surface area contributed by atoms with E-state index in [-0.39, 0.29) is 17.6 Å². The molecule has 3 aromatic carbocycles. The first-order valence-corrected chi connectivity index (χ1v) is 12.2. The largest absolute Gasteiger partial charge is 0.492 e. The second kappa shape index (κ2) is 11.4. The van der Waals surface area contributed by atoms with Crippen LogP contribution >= 0.6 is 0 Å². The molecule has 0 aliphatic rings. The number of benzene rings is 3. The van der Waals surface area contributed by atoms with E-state index in [0.717, 1.165) is 16.6 Å². The van der Waals surface area contributed by atoms with Crippen molar-refractivity contribution >= 4 is 22.7 Å². The van der Waals surface area contributed by atoms with E-state index < -0.39 is 0 Å². The SMILES string of the molecule is CCOc1ccccc1N(C#N)C(=N)N(CCc1nc2ccccc2n(C)c1=O)C(C)c1ccccc1. The van der Waals surface area contributed by atoms with Crippen LogP contribution < -0.4 is 15.2 Å². The van der Waals surface area contributed by atoms with E-state index in [1.54, 1.807) is 23.7 Å². The lowest BCUT2D eigenvalue weighted by Gasteiger charge is -2.34. The van der Waals surface area contributed by atoms with E-state index in [4.69, 9.17) is 10.1 Å². The fourth-order valence-corrected chi connectivity index (χ4v) is 4.39. The van der Waals surface area contributed by atoms with Crippen LogP contribution in [0.15, 0.2) is 83.7 Å². The first kappa shape index (κ1) is 25.5. The number of nitriles is 1. The average Bonchev–Trinajstić information content (AvgIpc) is 2.93. The normalized spacial score (nSPS) is 11.5. The van der Waals surface area contributed by atoms with Gasteiger partial charge in [-0.2, -0.15) is 5.26 Å². The summed E-state index contributed by atoms with van der Waals surface area (Å²) in [6.45, 7) is 4.61. The van der Waals surface area contributed by atoms with Crippen molar-refractivity contribution in [3.05, 3.63) is 100 Å². The number of fused-ring (bicyclic) bond motifs is 1. The summed E-state index contributed by atoms with van der Waals surface area (Å²) >= 11 is 0. The fraction of sp³-hybridized carbons (Fsp3) is 0.241. The highest BCUT2D eigenvalue weighted by molar-refractivity contribution is 5.98. The van der Waals surface area contributed by atoms with Gasteiger partial charge in [0, 0.05) is 20.0 Å². The van der Waals surface area contributed by atoms with Crippen molar-refractivity contribution in [3.8, 4) is 11.9 Å². The molecule has 4 aromatic rings. The van der Waals surface area contributed by atoms with E-state index >= 15 is 0 Å². The predicted octanol–water partition coefficient (Wildman–Crippen LogP) is 4.86. The van der Waals surface area contributed by atoms with Gasteiger partial charge < -0.3 is 14.2 Å². The van der Waals surface area contributed by atoms with Crippen LogP contribution in [0, 0.1) is 16.9 Å². The van der Waals surface area contributed by atoms with Crippen LogP contribution in [0.5, 0.6) is 5.75 Å². The number of nitrogens with one attached hydrogen (secondary N) is 1. The van der Waals surface area contributed by atoms with Gasteiger partial charge in [0.25, 0.3) is 5.56 Å². The third-order valence-corrected chi connectivity index (χ3v) is 6.38. The summed E-state index contributed by atoms with van der Waals surface area (Å²) in [5, 5.41) is 19.2. The molecule has 0 aliphatic heterocycles. The Balaban J connectivity index is 1.71. The van der Waals surface area contributed by atoms with Gasteiger partial charge in [-0.05, 0) is 43.7 Å². The van der Waals surface area contributed by atoms with E-state index in [9.17, 15) is 10.1 Å². The molecule has 8 heteroatoms. The molecule has 0 bridgehead atoms. The molecule has 0 saturated carbocycles. The van der Waals surface area contributed by atoms with Crippen LogP contribution in [0.2, 0.25) is 0 Å². The Morgan fingerprint density at radius 2 is 1.76 bits per heavy atom. The van der Waals surface area contributed by atoms with E-state index in [2.05, 4.69) is 11.2 Å². The minimum Gasteiger partial charge on any atom is -0.492 e. The minimum absolute atomic E-state index is 0.0105. The zero-order valence-electron chi connectivity index (χ0n) is 21.3. The molecule has 0 fully saturated rings. The maximum absolute atomic E-state index is 13.1. The Bertz CT molecular complexity index is 1490. The van der Waals surface area contributed by atoms with Crippen molar-refractivity contribution in [2.75, 3.05) is 18.1 Å². The molecule has 1 heterocycles. The summed E-state index contributed by atoms with van der Waals surface area (Å²) in [5.41, 5.74) is 3.22. The quantitative estimate of drug-likeness (QED) is 0.163. The number of anilines is 1. The summed E-state index contributed by atoms with van der Waals surface area (Å²) in [4.78, 5) is 20.8. The van der Waals surface area contributed by atoms with Gasteiger partial charge in [0.15, 0.2) is 6.19 Å². The van der Waals surface area contributed by atoms with Crippen LogP contribution in [-0.2, 0) is 13.5 Å². The molecule has 4 rings (SSSR count). The minimum atomic E-state index is -0.242. The summed E-state index contributed by atoms with van der Waals surface area (Å²) in [5.74, 6) is 0.511. The number of hydrogen-bond acceptors (Lipinski definition) is 5. The molecular formula is C29H30N6O2. The Hall–Kier alpha value is -4.64. The summed E-state index contributed by atoms with van der Waals surface area (Å²) < 4.78 is 7.34. The number of aryl methyl sites for hydroxylation is 1. The molecule has 0 aliphatic carbocycles. The molecule has 8 nitrogen and oxygen atoms in total. The Morgan fingerprint density at radius 3 is 2.49 bits per heavy atom. The lowest BCUT2D eigenvalue weighted by atomic mass is 10.1. The highest BCUT2D eigenvalue weighted by atomic mass is 16.5. The molecule has 1 unspecified atom stereocenters. The number of hydrogen-bond donors (Lipinski definition) is 1. The first-order valence-electron chi connectivity index (χ1n) is 12.2. The molecule has 1 N–H and O–H groups in total. The molecule has 0 amide bonds. The summed E-state index contributed by atoms with van der Waals surface area (Å²) in [6, 6.07) is 24.3. The Labute approximate surface area is 216 Å². The monoisotopic (exact) mass is 494 g/mol. The summed E-state index contributed by atoms with van der Waals surface area (Å²) in [7, 11) is 1.74. The van der Waals surface area contributed by atoms with E-state index in [1.165, 1.54) is 4.90 Å². The smallest absolute Gasteiger partial charge is 0.272 e.